The molecule has 0 aliphatic carbocycles. The summed E-state index contributed by atoms with van der Waals surface area (Å²) in [6.07, 6.45) is 0. The minimum absolute atomic E-state index is 0.00551. The maximum atomic E-state index is 11.9. The van der Waals surface area contributed by atoms with Crippen molar-refractivity contribution in [1.82, 2.24) is 4.90 Å². The number of alkyl halides is 1. The second-order valence-corrected chi connectivity index (χ2v) is 4.23. The maximum Gasteiger partial charge on any atom is 0.253 e. The van der Waals surface area contributed by atoms with Crippen molar-refractivity contribution in [2.24, 2.45) is 0 Å². The molecular weight excluding hydrogens is 224 g/mol. The van der Waals surface area contributed by atoms with Gasteiger partial charge in [-0.15, -0.1) is 11.6 Å². The number of carbonyl (C=O) groups is 1. The fourth-order valence-corrected chi connectivity index (χ4v) is 1.60. The first-order valence-electron chi connectivity index (χ1n) is 5.15. The van der Waals surface area contributed by atoms with Crippen molar-refractivity contribution >= 4 is 23.2 Å². The van der Waals surface area contributed by atoms with Crippen molar-refractivity contribution in [2.45, 2.75) is 0 Å². The summed E-state index contributed by atoms with van der Waals surface area (Å²) in [5, 5.41) is 0. The molecule has 0 saturated heterocycles. The van der Waals surface area contributed by atoms with Crippen LogP contribution < -0.4 is 4.90 Å². The van der Waals surface area contributed by atoms with Crippen LogP contribution in [-0.2, 0) is 0 Å². The van der Waals surface area contributed by atoms with E-state index in [0.717, 1.165) is 5.69 Å². The molecule has 4 heteroatoms. The molecule has 0 aromatic heterocycles. The number of hydrogen-bond acceptors (Lipinski definition) is 2. The Bertz CT molecular complexity index is 349. The number of anilines is 1. The predicted molar refractivity (Wildman–Crippen MR) is 68.4 cm³/mol. The lowest BCUT2D eigenvalue weighted by Crippen LogP contribution is -2.28. The van der Waals surface area contributed by atoms with Crippen LogP contribution in [0.1, 0.15) is 10.4 Å². The van der Waals surface area contributed by atoms with E-state index in [-0.39, 0.29) is 5.91 Å². The van der Waals surface area contributed by atoms with Gasteiger partial charge >= 0.3 is 0 Å². The fourth-order valence-electron chi connectivity index (χ4n) is 1.35. The molecule has 1 aromatic carbocycles. The Balaban J connectivity index is 2.77. The summed E-state index contributed by atoms with van der Waals surface area (Å²) in [5.41, 5.74) is 1.77. The second kappa shape index (κ2) is 5.75. The molecule has 0 fully saturated rings. The highest BCUT2D eigenvalue weighted by molar-refractivity contribution is 6.18. The van der Waals surface area contributed by atoms with Crippen molar-refractivity contribution in [2.75, 3.05) is 38.5 Å². The number of benzene rings is 1. The van der Waals surface area contributed by atoms with Crippen LogP contribution in [0.15, 0.2) is 24.3 Å². The van der Waals surface area contributed by atoms with Gasteiger partial charge in [0.25, 0.3) is 5.91 Å². The van der Waals surface area contributed by atoms with Crippen LogP contribution in [0.25, 0.3) is 0 Å². The molecule has 0 N–H and O–H groups in total. The van der Waals surface area contributed by atoms with Gasteiger partial charge in [-0.3, -0.25) is 4.79 Å². The highest BCUT2D eigenvalue weighted by atomic mass is 35.5. The molecule has 0 saturated carbocycles. The van der Waals surface area contributed by atoms with Crippen LogP contribution >= 0.6 is 11.6 Å². The minimum Gasteiger partial charge on any atom is -0.378 e. The zero-order valence-corrected chi connectivity index (χ0v) is 10.7. The maximum absolute atomic E-state index is 11.9. The zero-order chi connectivity index (χ0) is 12.1. The van der Waals surface area contributed by atoms with Gasteiger partial charge in [-0.05, 0) is 24.3 Å². The molecule has 0 aliphatic heterocycles. The molecule has 1 aromatic rings. The average Bonchev–Trinajstić information content (AvgIpc) is 2.28. The van der Waals surface area contributed by atoms with Crippen molar-refractivity contribution in [3.8, 4) is 0 Å². The summed E-state index contributed by atoms with van der Waals surface area (Å²) in [7, 11) is 5.69. The first-order chi connectivity index (χ1) is 7.56. The van der Waals surface area contributed by atoms with Gasteiger partial charge in [0.1, 0.15) is 0 Å². The molecule has 0 spiro atoms. The summed E-state index contributed by atoms with van der Waals surface area (Å²) >= 11 is 5.59. The molecule has 0 radical (unpaired) electrons. The molecule has 16 heavy (non-hydrogen) atoms. The van der Waals surface area contributed by atoms with Gasteiger partial charge in [-0.2, -0.15) is 0 Å². The van der Waals surface area contributed by atoms with E-state index in [1.54, 1.807) is 11.9 Å². The fraction of sp³-hybridized carbons (Fsp3) is 0.417. The Morgan fingerprint density at radius 2 is 1.75 bits per heavy atom. The number of hydrogen-bond donors (Lipinski definition) is 0. The standard InChI is InChI=1S/C12H17ClN2O/c1-14(2)11-6-4-10(5-7-11)12(16)15(3)9-8-13/h4-7H,8-9H2,1-3H3. The van der Waals surface area contributed by atoms with Gasteiger partial charge < -0.3 is 9.80 Å². The molecule has 1 rings (SSSR count). The Morgan fingerprint density at radius 1 is 1.19 bits per heavy atom. The van der Waals surface area contributed by atoms with E-state index in [1.807, 2.05) is 43.3 Å². The van der Waals surface area contributed by atoms with E-state index in [2.05, 4.69) is 0 Å². The molecular formula is C12H17ClN2O. The van der Waals surface area contributed by atoms with Crippen LogP contribution in [0.4, 0.5) is 5.69 Å². The van der Waals surface area contributed by atoms with Crippen molar-refractivity contribution in [3.63, 3.8) is 0 Å². The Kier molecular flexibility index (Phi) is 4.62. The lowest BCUT2D eigenvalue weighted by atomic mass is 10.2. The summed E-state index contributed by atoms with van der Waals surface area (Å²) < 4.78 is 0. The Hall–Kier alpha value is -1.22. The van der Waals surface area contributed by atoms with E-state index in [0.29, 0.717) is 18.0 Å². The SMILES string of the molecule is CN(CCCl)C(=O)c1ccc(N(C)C)cc1. The highest BCUT2D eigenvalue weighted by Crippen LogP contribution is 2.13. The molecule has 0 bridgehead atoms. The van der Waals surface area contributed by atoms with Gasteiger partial charge in [-0.1, -0.05) is 0 Å². The second-order valence-electron chi connectivity index (χ2n) is 3.86. The number of carbonyl (C=O) groups excluding carboxylic acids is 1. The third-order valence-corrected chi connectivity index (χ3v) is 2.57. The Labute approximate surface area is 102 Å². The van der Waals surface area contributed by atoms with Crippen molar-refractivity contribution < 1.29 is 4.79 Å². The normalized spacial score (nSPS) is 10.0. The van der Waals surface area contributed by atoms with Gasteiger partial charge in [-0.25, -0.2) is 0 Å². The van der Waals surface area contributed by atoms with Crippen molar-refractivity contribution in [1.29, 1.82) is 0 Å². The highest BCUT2D eigenvalue weighted by Gasteiger charge is 2.10. The first kappa shape index (κ1) is 12.8. The van der Waals surface area contributed by atoms with E-state index in [1.165, 1.54) is 0 Å². The zero-order valence-electron chi connectivity index (χ0n) is 9.90. The van der Waals surface area contributed by atoms with Gasteiger partial charge in [0.15, 0.2) is 0 Å². The lowest BCUT2D eigenvalue weighted by Gasteiger charge is -2.17. The number of nitrogens with zero attached hydrogens (tertiary/aromatic N) is 2. The Morgan fingerprint density at radius 3 is 2.19 bits per heavy atom. The van der Waals surface area contributed by atoms with E-state index < -0.39 is 0 Å². The molecule has 3 nitrogen and oxygen atoms in total. The van der Waals surface area contributed by atoms with Gasteiger partial charge in [0, 0.05) is 44.8 Å². The molecule has 0 aliphatic rings. The summed E-state index contributed by atoms with van der Waals surface area (Å²) in [6, 6.07) is 7.54. The van der Waals surface area contributed by atoms with Crippen LogP contribution in [0.2, 0.25) is 0 Å². The van der Waals surface area contributed by atoms with Gasteiger partial charge in [0.05, 0.1) is 0 Å². The minimum atomic E-state index is 0.00551. The lowest BCUT2D eigenvalue weighted by molar-refractivity contribution is 0.0803. The summed E-state index contributed by atoms with van der Waals surface area (Å²) in [4.78, 5) is 15.5. The van der Waals surface area contributed by atoms with Crippen molar-refractivity contribution in [3.05, 3.63) is 29.8 Å². The van der Waals surface area contributed by atoms with E-state index in [4.69, 9.17) is 11.6 Å². The molecule has 1 amide bonds. The molecule has 0 atom stereocenters. The summed E-state index contributed by atoms with van der Waals surface area (Å²) in [5.74, 6) is 0.462. The summed E-state index contributed by atoms with van der Waals surface area (Å²) in [6.45, 7) is 0.565. The van der Waals surface area contributed by atoms with Crippen LogP contribution in [0, 0.1) is 0 Å². The molecule has 88 valence electrons. The topological polar surface area (TPSA) is 23.6 Å². The van der Waals surface area contributed by atoms with E-state index >= 15 is 0 Å². The third kappa shape index (κ3) is 3.14. The monoisotopic (exact) mass is 240 g/mol. The molecule has 0 unspecified atom stereocenters. The smallest absolute Gasteiger partial charge is 0.253 e. The average molecular weight is 241 g/mol. The molecule has 0 heterocycles. The number of halogens is 1. The van der Waals surface area contributed by atoms with Gasteiger partial charge in [0.2, 0.25) is 0 Å². The van der Waals surface area contributed by atoms with Crippen LogP contribution in [-0.4, -0.2) is 44.4 Å². The van der Waals surface area contributed by atoms with Crippen LogP contribution in [0.3, 0.4) is 0 Å². The predicted octanol–water partition coefficient (Wildman–Crippen LogP) is 2.06. The third-order valence-electron chi connectivity index (χ3n) is 2.40. The first-order valence-corrected chi connectivity index (χ1v) is 5.68. The van der Waals surface area contributed by atoms with Crippen LogP contribution in [0.5, 0.6) is 0 Å². The van der Waals surface area contributed by atoms with E-state index in [9.17, 15) is 4.79 Å². The number of amides is 1. The quantitative estimate of drug-likeness (QED) is 0.753. The largest absolute Gasteiger partial charge is 0.378 e. The number of rotatable bonds is 4.